The quantitative estimate of drug-likeness (QED) is 0.612. The second-order valence-corrected chi connectivity index (χ2v) is 6.76. The van der Waals surface area contributed by atoms with Gasteiger partial charge in [-0.05, 0) is 37.5 Å². The van der Waals surface area contributed by atoms with E-state index in [1.807, 2.05) is 4.68 Å². The molecule has 23 heavy (non-hydrogen) atoms. The van der Waals surface area contributed by atoms with Gasteiger partial charge in [0.15, 0.2) is 0 Å². The van der Waals surface area contributed by atoms with Gasteiger partial charge in [0.1, 0.15) is 11.4 Å². The van der Waals surface area contributed by atoms with E-state index in [1.165, 1.54) is 31.0 Å². The first-order valence-electron chi connectivity index (χ1n) is 7.35. The number of halogens is 2. The smallest absolute Gasteiger partial charge is 0.341 e. The lowest BCUT2D eigenvalue weighted by Crippen LogP contribution is -2.14. The van der Waals surface area contributed by atoms with Crippen LogP contribution in [0.4, 0.5) is 4.39 Å². The molecular weight excluding hydrogens is 339 g/mol. The first kappa shape index (κ1) is 16.3. The minimum absolute atomic E-state index is 0.0991. The molecule has 0 N–H and O–H groups in total. The van der Waals surface area contributed by atoms with Gasteiger partial charge in [0.2, 0.25) is 0 Å². The van der Waals surface area contributed by atoms with Crippen LogP contribution in [-0.4, -0.2) is 22.9 Å². The van der Waals surface area contributed by atoms with Crippen LogP contribution >= 0.6 is 23.4 Å². The van der Waals surface area contributed by atoms with E-state index in [0.29, 0.717) is 17.0 Å². The van der Waals surface area contributed by atoms with Crippen LogP contribution in [0.3, 0.4) is 0 Å². The van der Waals surface area contributed by atoms with Gasteiger partial charge in [-0.15, -0.1) is 11.8 Å². The van der Waals surface area contributed by atoms with E-state index < -0.39 is 5.82 Å². The van der Waals surface area contributed by atoms with Crippen molar-refractivity contribution < 1.29 is 13.9 Å². The monoisotopic (exact) mass is 354 g/mol. The number of esters is 1. The van der Waals surface area contributed by atoms with Crippen LogP contribution in [0.25, 0.3) is 0 Å². The number of ether oxygens (including phenoxy) is 1. The van der Waals surface area contributed by atoms with Gasteiger partial charge in [0.05, 0.1) is 23.5 Å². The second kappa shape index (κ2) is 6.93. The van der Waals surface area contributed by atoms with Crippen molar-refractivity contribution in [1.29, 1.82) is 0 Å². The Morgan fingerprint density at radius 1 is 1.48 bits per heavy atom. The Morgan fingerprint density at radius 2 is 2.30 bits per heavy atom. The van der Waals surface area contributed by atoms with Gasteiger partial charge < -0.3 is 4.74 Å². The fourth-order valence-electron chi connectivity index (χ4n) is 2.70. The first-order chi connectivity index (χ1) is 11.1. The molecule has 0 aliphatic carbocycles. The highest BCUT2D eigenvalue weighted by molar-refractivity contribution is 7.98. The first-order valence-corrected chi connectivity index (χ1v) is 8.71. The maximum atomic E-state index is 13.5. The zero-order chi connectivity index (χ0) is 16.4. The second-order valence-electron chi connectivity index (χ2n) is 5.30. The van der Waals surface area contributed by atoms with Crippen molar-refractivity contribution in [2.75, 3.05) is 7.11 Å². The Morgan fingerprint density at radius 3 is 3.04 bits per heavy atom. The van der Waals surface area contributed by atoms with Crippen molar-refractivity contribution in [3.05, 3.63) is 46.0 Å². The van der Waals surface area contributed by atoms with Gasteiger partial charge in [-0.25, -0.2) is 9.18 Å². The number of hydrogen-bond acceptors (Lipinski definition) is 4. The average Bonchev–Trinajstić information content (AvgIpc) is 2.93. The lowest BCUT2D eigenvalue weighted by atomic mass is 10.1. The van der Waals surface area contributed by atoms with Gasteiger partial charge in [-0.3, -0.25) is 4.68 Å². The third-order valence-corrected chi connectivity index (χ3v) is 5.13. The topological polar surface area (TPSA) is 44.1 Å². The van der Waals surface area contributed by atoms with Crippen LogP contribution in [0.5, 0.6) is 0 Å². The molecule has 0 saturated carbocycles. The molecule has 3 rings (SSSR count). The molecular formula is C16H16ClFN2O2S. The van der Waals surface area contributed by atoms with Gasteiger partial charge in [-0.2, -0.15) is 5.10 Å². The minimum atomic E-state index is -0.450. The molecule has 4 nitrogen and oxygen atoms in total. The number of methoxy groups -OCH3 is 1. The zero-order valence-corrected chi connectivity index (χ0v) is 14.2. The van der Waals surface area contributed by atoms with E-state index in [2.05, 4.69) is 5.10 Å². The van der Waals surface area contributed by atoms with Crippen LogP contribution < -0.4 is 0 Å². The van der Waals surface area contributed by atoms with Crippen molar-refractivity contribution in [1.82, 2.24) is 9.78 Å². The number of fused-ring (bicyclic) bond motifs is 1. The summed E-state index contributed by atoms with van der Waals surface area (Å²) in [5.74, 6) is -0.328. The molecule has 0 atom stereocenters. The van der Waals surface area contributed by atoms with Gasteiger partial charge in [0, 0.05) is 17.2 Å². The Labute approximate surface area is 143 Å². The summed E-state index contributed by atoms with van der Waals surface area (Å²) in [5, 5.41) is 4.65. The molecule has 0 fully saturated rings. The predicted octanol–water partition coefficient (Wildman–Crippen LogP) is 4.09. The molecule has 0 bridgehead atoms. The lowest BCUT2D eigenvalue weighted by molar-refractivity contribution is 0.0598. The highest BCUT2D eigenvalue weighted by Gasteiger charge is 2.25. The largest absolute Gasteiger partial charge is 0.465 e. The normalized spacial score (nSPS) is 13.7. The van der Waals surface area contributed by atoms with Gasteiger partial charge in [-0.1, -0.05) is 11.6 Å². The number of carbonyl (C=O) groups is 1. The standard InChI is InChI=1S/C16H16ClFN2O2S/c1-22-16(21)15-13(19-20-7-3-2-4-14(15)20)9-23-10-5-6-11(17)12(18)8-10/h5-6,8H,2-4,7,9H2,1H3. The fourth-order valence-corrected chi connectivity index (χ4v) is 3.68. The Hall–Kier alpha value is -1.53. The summed E-state index contributed by atoms with van der Waals surface area (Å²) in [6.07, 6.45) is 2.94. The number of benzene rings is 1. The Bertz CT molecular complexity index is 748. The summed E-state index contributed by atoms with van der Waals surface area (Å²) >= 11 is 7.11. The Balaban J connectivity index is 1.85. The van der Waals surface area contributed by atoms with E-state index >= 15 is 0 Å². The molecule has 122 valence electrons. The molecule has 1 aliphatic heterocycles. The van der Waals surface area contributed by atoms with Crippen molar-refractivity contribution >= 4 is 29.3 Å². The molecule has 1 aromatic heterocycles. The van der Waals surface area contributed by atoms with Crippen LogP contribution in [0, 0.1) is 5.82 Å². The molecule has 7 heteroatoms. The Kier molecular flexibility index (Phi) is 4.92. The maximum absolute atomic E-state index is 13.5. The third-order valence-electron chi connectivity index (χ3n) is 3.82. The summed E-state index contributed by atoms with van der Waals surface area (Å²) in [5.41, 5.74) is 2.20. The van der Waals surface area contributed by atoms with Crippen molar-refractivity contribution in [2.45, 2.75) is 36.5 Å². The summed E-state index contributed by atoms with van der Waals surface area (Å²) in [7, 11) is 1.38. The number of carbonyl (C=O) groups excluding carboxylic acids is 1. The number of rotatable bonds is 4. The average molecular weight is 355 g/mol. The molecule has 0 amide bonds. The molecule has 0 saturated heterocycles. The van der Waals surface area contributed by atoms with Crippen molar-refractivity contribution in [3.8, 4) is 0 Å². The van der Waals surface area contributed by atoms with E-state index in [0.717, 1.165) is 36.4 Å². The summed E-state index contributed by atoms with van der Waals surface area (Å²) in [6, 6.07) is 4.67. The molecule has 2 aromatic rings. The van der Waals surface area contributed by atoms with Gasteiger partial charge >= 0.3 is 5.97 Å². The molecule has 1 aliphatic rings. The predicted molar refractivity (Wildman–Crippen MR) is 87.5 cm³/mol. The van der Waals surface area contributed by atoms with Gasteiger partial charge in [0.25, 0.3) is 0 Å². The SMILES string of the molecule is COC(=O)c1c(CSc2ccc(Cl)c(F)c2)nn2c1CCCC2. The highest BCUT2D eigenvalue weighted by Crippen LogP contribution is 2.30. The number of aromatic nitrogens is 2. The van der Waals surface area contributed by atoms with E-state index in [-0.39, 0.29) is 11.0 Å². The summed E-state index contributed by atoms with van der Waals surface area (Å²) in [6.45, 7) is 0.819. The van der Waals surface area contributed by atoms with Crippen LogP contribution in [0.1, 0.15) is 34.6 Å². The molecule has 0 unspecified atom stereocenters. The number of nitrogens with zero attached hydrogens (tertiary/aromatic N) is 2. The van der Waals surface area contributed by atoms with Crippen molar-refractivity contribution in [3.63, 3.8) is 0 Å². The maximum Gasteiger partial charge on any atom is 0.341 e. The fraction of sp³-hybridized carbons (Fsp3) is 0.375. The number of hydrogen-bond donors (Lipinski definition) is 0. The molecule has 0 radical (unpaired) electrons. The molecule has 1 aromatic carbocycles. The van der Waals surface area contributed by atoms with Crippen LogP contribution in [-0.2, 0) is 23.5 Å². The molecule has 0 spiro atoms. The van der Waals surface area contributed by atoms with Crippen LogP contribution in [0.2, 0.25) is 5.02 Å². The van der Waals surface area contributed by atoms with Crippen molar-refractivity contribution in [2.24, 2.45) is 0 Å². The van der Waals surface area contributed by atoms with E-state index in [4.69, 9.17) is 16.3 Å². The summed E-state index contributed by atoms with van der Waals surface area (Å²) < 4.78 is 20.3. The highest BCUT2D eigenvalue weighted by atomic mass is 35.5. The number of aryl methyl sites for hydroxylation is 1. The summed E-state index contributed by atoms with van der Waals surface area (Å²) in [4.78, 5) is 12.9. The lowest BCUT2D eigenvalue weighted by Gasteiger charge is -2.13. The molecule has 2 heterocycles. The third kappa shape index (κ3) is 3.38. The minimum Gasteiger partial charge on any atom is -0.465 e. The number of thioether (sulfide) groups is 1. The van der Waals surface area contributed by atoms with Crippen LogP contribution in [0.15, 0.2) is 23.1 Å². The van der Waals surface area contributed by atoms with E-state index in [9.17, 15) is 9.18 Å². The van der Waals surface area contributed by atoms with E-state index in [1.54, 1.807) is 6.07 Å². The zero-order valence-electron chi connectivity index (χ0n) is 12.6.